The number of anilines is 1. The number of hydrogen-bond acceptors (Lipinski definition) is 6. The molecule has 0 fully saturated rings. The fourth-order valence-electron chi connectivity index (χ4n) is 4.29. The number of carbonyl (C=O) groups is 1. The highest BCUT2D eigenvalue weighted by atomic mass is 32.1. The fraction of sp³-hybridized carbons (Fsp3) is 0.333. The van der Waals surface area contributed by atoms with Gasteiger partial charge in [0.1, 0.15) is 10.3 Å². The largest absolute Gasteiger partial charge is 0.494 e. The molecule has 0 aliphatic carbocycles. The smallest absolute Gasteiger partial charge is 0.291 e. The minimum Gasteiger partial charge on any atom is -0.494 e. The summed E-state index contributed by atoms with van der Waals surface area (Å²) in [6, 6.07) is 15.3. The molecule has 0 N–H and O–H groups in total. The van der Waals surface area contributed by atoms with E-state index in [-0.39, 0.29) is 11.5 Å². The van der Waals surface area contributed by atoms with Crippen molar-refractivity contribution in [3.63, 3.8) is 0 Å². The summed E-state index contributed by atoms with van der Waals surface area (Å²) in [4.78, 5) is 33.5. The van der Waals surface area contributed by atoms with Gasteiger partial charge in [-0.2, -0.15) is 9.50 Å². The zero-order chi connectivity index (χ0) is 24.4. The molecule has 0 saturated carbocycles. The Labute approximate surface area is 207 Å². The van der Waals surface area contributed by atoms with Gasteiger partial charge in [0.15, 0.2) is 5.82 Å². The number of amides is 1. The van der Waals surface area contributed by atoms with Crippen LogP contribution in [-0.2, 0) is 4.79 Å². The van der Waals surface area contributed by atoms with E-state index in [4.69, 9.17) is 4.74 Å². The van der Waals surface area contributed by atoms with Crippen molar-refractivity contribution in [2.45, 2.75) is 46.0 Å². The average Bonchev–Trinajstić information content (AvgIpc) is 3.51. The molecule has 5 rings (SSSR count). The molecule has 35 heavy (non-hydrogen) atoms. The first-order chi connectivity index (χ1) is 17.1. The molecule has 0 saturated heterocycles. The van der Waals surface area contributed by atoms with Crippen molar-refractivity contribution in [3.8, 4) is 17.1 Å². The van der Waals surface area contributed by atoms with Gasteiger partial charge in [-0.15, -0.1) is 5.10 Å². The maximum atomic E-state index is 13.3. The molecule has 8 heteroatoms. The summed E-state index contributed by atoms with van der Waals surface area (Å²) in [6.45, 7) is 5.59. The summed E-state index contributed by atoms with van der Waals surface area (Å²) >= 11 is 1.22. The van der Waals surface area contributed by atoms with E-state index in [1.54, 1.807) is 4.90 Å². The quantitative estimate of drug-likeness (QED) is 0.325. The van der Waals surface area contributed by atoms with Crippen molar-refractivity contribution in [1.82, 2.24) is 14.6 Å². The molecule has 1 amide bonds. The van der Waals surface area contributed by atoms with Crippen molar-refractivity contribution in [2.75, 3.05) is 18.1 Å². The maximum absolute atomic E-state index is 13.3. The minimum absolute atomic E-state index is 0.129. The van der Waals surface area contributed by atoms with Crippen LogP contribution in [-0.4, -0.2) is 33.7 Å². The van der Waals surface area contributed by atoms with E-state index in [1.165, 1.54) is 15.9 Å². The van der Waals surface area contributed by atoms with Crippen molar-refractivity contribution >= 4 is 33.5 Å². The van der Waals surface area contributed by atoms with Gasteiger partial charge in [0, 0.05) is 17.7 Å². The Morgan fingerprint density at radius 3 is 2.46 bits per heavy atom. The topological polar surface area (TPSA) is 76.8 Å². The Morgan fingerprint density at radius 2 is 1.71 bits per heavy atom. The van der Waals surface area contributed by atoms with Crippen LogP contribution in [0.1, 0.15) is 51.5 Å². The van der Waals surface area contributed by atoms with Gasteiger partial charge in [-0.05, 0) is 43.2 Å². The normalized spacial score (nSPS) is 14.7. The highest BCUT2D eigenvalue weighted by Crippen LogP contribution is 2.35. The number of carbonyl (C=O) groups excluding carboxylic acids is 1. The lowest BCUT2D eigenvalue weighted by atomic mass is 10.1. The van der Waals surface area contributed by atoms with E-state index in [0.29, 0.717) is 34.0 Å². The van der Waals surface area contributed by atoms with Gasteiger partial charge in [0.05, 0.1) is 17.9 Å². The van der Waals surface area contributed by atoms with Gasteiger partial charge >= 0.3 is 0 Å². The first-order valence-corrected chi connectivity index (χ1v) is 13.0. The highest BCUT2D eigenvalue weighted by molar-refractivity contribution is 7.15. The van der Waals surface area contributed by atoms with Crippen LogP contribution in [0.4, 0.5) is 5.69 Å². The summed E-state index contributed by atoms with van der Waals surface area (Å²) in [5.74, 6) is 1.15. The maximum Gasteiger partial charge on any atom is 0.291 e. The Kier molecular flexibility index (Phi) is 6.63. The molecule has 0 unspecified atom stereocenters. The number of benzene rings is 2. The lowest BCUT2D eigenvalue weighted by Crippen LogP contribution is -2.33. The number of nitrogens with zero attached hydrogens (tertiary/aromatic N) is 4. The van der Waals surface area contributed by atoms with Gasteiger partial charge in [0.2, 0.25) is 4.96 Å². The Hall–Kier alpha value is -3.52. The summed E-state index contributed by atoms with van der Waals surface area (Å²) < 4.78 is 7.47. The SMILES string of the molecule is CCCCCOc1ccc(-c2nc3sc(=C4C(=O)N(CCCC)c5ccccc54)c(=O)n3n2)cc1. The van der Waals surface area contributed by atoms with Crippen LogP contribution in [0.25, 0.3) is 21.9 Å². The van der Waals surface area contributed by atoms with E-state index in [9.17, 15) is 9.59 Å². The molecule has 0 spiro atoms. The van der Waals surface area contributed by atoms with E-state index in [0.717, 1.165) is 54.7 Å². The van der Waals surface area contributed by atoms with Gasteiger partial charge < -0.3 is 9.64 Å². The molecule has 7 nitrogen and oxygen atoms in total. The Morgan fingerprint density at radius 1 is 0.943 bits per heavy atom. The second-order valence-electron chi connectivity index (χ2n) is 8.65. The van der Waals surface area contributed by atoms with Gasteiger partial charge in [-0.25, -0.2) is 0 Å². The van der Waals surface area contributed by atoms with Crippen LogP contribution >= 0.6 is 11.3 Å². The predicted octanol–water partition coefficient (Wildman–Crippen LogP) is 4.45. The van der Waals surface area contributed by atoms with Crippen molar-refractivity contribution < 1.29 is 9.53 Å². The highest BCUT2D eigenvalue weighted by Gasteiger charge is 2.33. The molecule has 0 bridgehead atoms. The Bertz CT molecular complexity index is 1470. The fourth-order valence-corrected chi connectivity index (χ4v) is 5.29. The number of rotatable bonds is 9. The summed E-state index contributed by atoms with van der Waals surface area (Å²) in [7, 11) is 0. The van der Waals surface area contributed by atoms with Crippen molar-refractivity contribution in [2.24, 2.45) is 0 Å². The number of aromatic nitrogens is 3. The lowest BCUT2D eigenvalue weighted by Gasteiger charge is -2.16. The number of ether oxygens (including phenoxy) is 1. The zero-order valence-corrected chi connectivity index (χ0v) is 20.8. The first-order valence-electron chi connectivity index (χ1n) is 12.2. The molecule has 4 aromatic rings. The molecule has 180 valence electrons. The van der Waals surface area contributed by atoms with Crippen LogP contribution in [0.15, 0.2) is 53.3 Å². The zero-order valence-electron chi connectivity index (χ0n) is 20.0. The number of fused-ring (bicyclic) bond motifs is 2. The second kappa shape index (κ2) is 10.00. The third-order valence-corrected chi connectivity index (χ3v) is 7.20. The first kappa shape index (κ1) is 23.2. The molecule has 2 aromatic carbocycles. The molecule has 0 atom stereocenters. The van der Waals surface area contributed by atoms with Crippen molar-refractivity contribution in [3.05, 3.63) is 69.0 Å². The Balaban J connectivity index is 1.48. The molecule has 1 aliphatic rings. The molecular weight excluding hydrogens is 460 g/mol. The average molecular weight is 489 g/mol. The van der Waals surface area contributed by atoms with Crippen LogP contribution in [0.3, 0.4) is 0 Å². The molecule has 3 heterocycles. The van der Waals surface area contributed by atoms with E-state index >= 15 is 0 Å². The lowest BCUT2D eigenvalue weighted by molar-refractivity contribution is -0.113. The van der Waals surface area contributed by atoms with E-state index < -0.39 is 0 Å². The van der Waals surface area contributed by atoms with Crippen LogP contribution in [0, 0.1) is 0 Å². The van der Waals surface area contributed by atoms with Gasteiger partial charge in [0.25, 0.3) is 11.5 Å². The summed E-state index contributed by atoms with van der Waals surface area (Å²) in [5, 5.41) is 4.46. The van der Waals surface area contributed by atoms with E-state index in [2.05, 4.69) is 23.9 Å². The van der Waals surface area contributed by atoms with E-state index in [1.807, 2.05) is 48.5 Å². The minimum atomic E-state index is -0.310. The van der Waals surface area contributed by atoms with Gasteiger partial charge in [-0.1, -0.05) is 62.6 Å². The van der Waals surface area contributed by atoms with Crippen LogP contribution in [0.2, 0.25) is 0 Å². The molecule has 1 aliphatic heterocycles. The summed E-state index contributed by atoms with van der Waals surface area (Å²) in [6.07, 6.45) is 5.23. The predicted molar refractivity (Wildman–Crippen MR) is 139 cm³/mol. The third-order valence-electron chi connectivity index (χ3n) is 6.17. The standard InChI is InChI=1S/C27H28N4O3S/c1-3-5-9-17-34-19-14-12-18(13-15-19)24-28-27-31(29-24)26(33)23(35-27)22-20-10-7-8-11-21(20)30(25(22)32)16-6-4-2/h7-8,10-15H,3-6,9,16-17H2,1-2H3. The number of thiazole rings is 1. The summed E-state index contributed by atoms with van der Waals surface area (Å²) in [5.41, 5.74) is 2.60. The number of para-hydroxylation sites is 1. The monoisotopic (exact) mass is 488 g/mol. The van der Waals surface area contributed by atoms with Gasteiger partial charge in [-0.3, -0.25) is 9.59 Å². The third kappa shape index (κ3) is 4.34. The number of unbranched alkanes of at least 4 members (excludes halogenated alkanes) is 3. The molecule has 2 aromatic heterocycles. The molecular formula is C27H28N4O3S. The van der Waals surface area contributed by atoms with Crippen molar-refractivity contribution in [1.29, 1.82) is 0 Å². The van der Waals surface area contributed by atoms with Crippen LogP contribution < -0.4 is 19.7 Å². The molecule has 0 radical (unpaired) electrons. The van der Waals surface area contributed by atoms with Crippen LogP contribution in [0.5, 0.6) is 5.75 Å². The number of hydrogen-bond donors (Lipinski definition) is 0. The second-order valence-corrected chi connectivity index (χ2v) is 9.63.